The number of nitrogens with one attached hydrogen (secondary N) is 1. The van der Waals surface area contributed by atoms with Crippen LogP contribution in [0.5, 0.6) is 5.75 Å². The molecule has 0 saturated carbocycles. The van der Waals surface area contributed by atoms with E-state index in [1.807, 2.05) is 6.07 Å². The molecule has 0 saturated heterocycles. The van der Waals surface area contributed by atoms with Gasteiger partial charge in [0.05, 0.1) is 7.11 Å². The zero-order valence-electron chi connectivity index (χ0n) is 12.1. The summed E-state index contributed by atoms with van der Waals surface area (Å²) in [5.41, 5.74) is 1.05. The number of ether oxygens (including phenoxy) is 1. The van der Waals surface area contributed by atoms with Crippen molar-refractivity contribution in [2.75, 3.05) is 12.4 Å². The Balaban J connectivity index is 2.24. The average molecular weight is 347 g/mol. The summed E-state index contributed by atoms with van der Waals surface area (Å²) in [4.78, 5) is 12.2. The third-order valence-corrected chi connectivity index (χ3v) is 3.33. The van der Waals surface area contributed by atoms with Crippen LogP contribution in [0, 0.1) is 11.3 Å². The number of carbonyl (C=O) groups excluding carboxylic acids is 1. The SMILES string of the molecule is COc1cccc(/C=C(/C#N)C(=O)Nc2cc(Cl)cc(Cl)c2)c1. The highest BCUT2D eigenvalue weighted by molar-refractivity contribution is 6.35. The number of rotatable bonds is 4. The molecular weight excluding hydrogens is 335 g/mol. The molecule has 0 spiro atoms. The predicted molar refractivity (Wildman–Crippen MR) is 91.7 cm³/mol. The zero-order valence-corrected chi connectivity index (χ0v) is 13.7. The first-order valence-corrected chi connectivity index (χ1v) is 7.30. The van der Waals surface area contributed by atoms with Crippen LogP contribution in [0.1, 0.15) is 5.56 Å². The van der Waals surface area contributed by atoms with E-state index in [0.29, 0.717) is 27.0 Å². The van der Waals surface area contributed by atoms with E-state index in [0.717, 1.165) is 0 Å². The maximum atomic E-state index is 12.2. The number of hydrogen-bond acceptors (Lipinski definition) is 3. The lowest BCUT2D eigenvalue weighted by Gasteiger charge is -2.06. The van der Waals surface area contributed by atoms with Gasteiger partial charge in [-0.2, -0.15) is 5.26 Å². The monoisotopic (exact) mass is 346 g/mol. The fraction of sp³-hybridized carbons (Fsp3) is 0.0588. The van der Waals surface area contributed by atoms with Crippen molar-refractivity contribution in [3.8, 4) is 11.8 Å². The molecule has 2 rings (SSSR count). The van der Waals surface area contributed by atoms with Crippen LogP contribution in [0.3, 0.4) is 0 Å². The molecule has 0 aliphatic rings. The molecule has 0 bridgehead atoms. The molecule has 4 nitrogen and oxygen atoms in total. The Morgan fingerprint density at radius 1 is 1.22 bits per heavy atom. The fourth-order valence-electron chi connectivity index (χ4n) is 1.87. The van der Waals surface area contributed by atoms with Gasteiger partial charge in [-0.15, -0.1) is 0 Å². The van der Waals surface area contributed by atoms with Gasteiger partial charge < -0.3 is 10.1 Å². The van der Waals surface area contributed by atoms with Crippen LogP contribution in [-0.2, 0) is 4.79 Å². The summed E-state index contributed by atoms with van der Waals surface area (Å²) in [7, 11) is 1.55. The van der Waals surface area contributed by atoms with Gasteiger partial charge >= 0.3 is 0 Å². The van der Waals surface area contributed by atoms with Crippen molar-refractivity contribution >= 4 is 40.9 Å². The lowest BCUT2D eigenvalue weighted by atomic mass is 10.1. The highest BCUT2D eigenvalue weighted by atomic mass is 35.5. The summed E-state index contributed by atoms with van der Waals surface area (Å²) in [6.07, 6.45) is 1.48. The summed E-state index contributed by atoms with van der Waals surface area (Å²) in [6, 6.07) is 13.6. The first-order chi connectivity index (χ1) is 11.0. The van der Waals surface area contributed by atoms with Gasteiger partial charge in [0.1, 0.15) is 17.4 Å². The Kier molecular flexibility index (Phi) is 5.64. The van der Waals surface area contributed by atoms with E-state index in [1.54, 1.807) is 49.6 Å². The Morgan fingerprint density at radius 3 is 2.52 bits per heavy atom. The van der Waals surface area contributed by atoms with Crippen LogP contribution in [0.2, 0.25) is 10.0 Å². The Labute approximate surface area is 143 Å². The van der Waals surface area contributed by atoms with Gasteiger partial charge in [0, 0.05) is 15.7 Å². The van der Waals surface area contributed by atoms with Crippen LogP contribution in [0.15, 0.2) is 48.0 Å². The molecule has 6 heteroatoms. The Morgan fingerprint density at radius 2 is 1.91 bits per heavy atom. The summed E-state index contributed by atoms with van der Waals surface area (Å²) in [5.74, 6) is 0.0896. The molecule has 0 heterocycles. The van der Waals surface area contributed by atoms with E-state index in [2.05, 4.69) is 5.32 Å². The summed E-state index contributed by atoms with van der Waals surface area (Å²) < 4.78 is 5.11. The van der Waals surface area contributed by atoms with Gasteiger partial charge in [0.2, 0.25) is 0 Å². The maximum absolute atomic E-state index is 12.2. The van der Waals surface area contributed by atoms with Crippen LogP contribution in [-0.4, -0.2) is 13.0 Å². The topological polar surface area (TPSA) is 62.1 Å². The van der Waals surface area contributed by atoms with Gasteiger partial charge in [-0.05, 0) is 42.0 Å². The number of benzene rings is 2. The highest BCUT2D eigenvalue weighted by Crippen LogP contribution is 2.23. The molecular formula is C17H12Cl2N2O2. The number of methoxy groups -OCH3 is 1. The average Bonchev–Trinajstić information content (AvgIpc) is 2.51. The van der Waals surface area contributed by atoms with E-state index in [4.69, 9.17) is 27.9 Å². The van der Waals surface area contributed by atoms with Crippen LogP contribution >= 0.6 is 23.2 Å². The first kappa shape index (κ1) is 16.9. The number of halogens is 2. The second-order valence-electron chi connectivity index (χ2n) is 4.56. The van der Waals surface area contributed by atoms with E-state index >= 15 is 0 Å². The van der Waals surface area contributed by atoms with Gasteiger partial charge in [-0.1, -0.05) is 35.3 Å². The molecule has 0 atom stereocenters. The Bertz CT molecular complexity index is 790. The number of hydrogen-bond donors (Lipinski definition) is 1. The number of nitrogens with zero attached hydrogens (tertiary/aromatic N) is 1. The second-order valence-corrected chi connectivity index (χ2v) is 5.43. The minimum Gasteiger partial charge on any atom is -0.497 e. The molecule has 0 fully saturated rings. The molecule has 0 aliphatic carbocycles. The molecule has 1 amide bonds. The standard InChI is InChI=1S/C17H12Cl2N2O2/c1-23-16-4-2-3-11(6-16)5-12(10-20)17(22)21-15-8-13(18)7-14(19)9-15/h2-9H,1H3,(H,21,22)/b12-5-. The van der Waals surface area contributed by atoms with Crippen molar-refractivity contribution in [2.45, 2.75) is 0 Å². The lowest BCUT2D eigenvalue weighted by Crippen LogP contribution is -2.13. The number of nitriles is 1. The molecule has 2 aromatic carbocycles. The van der Waals surface area contributed by atoms with Gasteiger partial charge in [0.15, 0.2) is 0 Å². The van der Waals surface area contributed by atoms with Crippen molar-refractivity contribution in [3.05, 3.63) is 63.6 Å². The minimum atomic E-state index is -0.548. The molecule has 0 radical (unpaired) electrons. The van der Waals surface area contributed by atoms with Crippen molar-refractivity contribution in [1.82, 2.24) is 0 Å². The normalized spacial score (nSPS) is 10.8. The summed E-state index contributed by atoms with van der Waals surface area (Å²) >= 11 is 11.8. The van der Waals surface area contributed by atoms with Crippen molar-refractivity contribution in [3.63, 3.8) is 0 Å². The zero-order chi connectivity index (χ0) is 16.8. The molecule has 1 N–H and O–H groups in total. The maximum Gasteiger partial charge on any atom is 0.266 e. The fourth-order valence-corrected chi connectivity index (χ4v) is 2.40. The van der Waals surface area contributed by atoms with E-state index in [9.17, 15) is 10.1 Å². The van der Waals surface area contributed by atoms with E-state index in [-0.39, 0.29) is 5.57 Å². The molecule has 0 unspecified atom stereocenters. The smallest absolute Gasteiger partial charge is 0.266 e. The van der Waals surface area contributed by atoms with E-state index < -0.39 is 5.91 Å². The van der Waals surface area contributed by atoms with Crippen LogP contribution < -0.4 is 10.1 Å². The lowest BCUT2D eigenvalue weighted by molar-refractivity contribution is -0.112. The molecule has 116 valence electrons. The number of carbonyl (C=O) groups is 1. The van der Waals surface area contributed by atoms with Gasteiger partial charge in [-0.3, -0.25) is 4.79 Å². The third kappa shape index (κ3) is 4.75. The quantitative estimate of drug-likeness (QED) is 0.652. The third-order valence-electron chi connectivity index (χ3n) is 2.89. The summed E-state index contributed by atoms with van der Waals surface area (Å²) in [5, 5.41) is 12.6. The molecule has 0 aliphatic heterocycles. The second kappa shape index (κ2) is 7.68. The molecule has 23 heavy (non-hydrogen) atoms. The van der Waals surface area contributed by atoms with Crippen molar-refractivity contribution in [1.29, 1.82) is 5.26 Å². The number of anilines is 1. The first-order valence-electron chi connectivity index (χ1n) is 6.55. The summed E-state index contributed by atoms with van der Waals surface area (Å²) in [6.45, 7) is 0. The van der Waals surface area contributed by atoms with Crippen LogP contribution in [0.4, 0.5) is 5.69 Å². The highest BCUT2D eigenvalue weighted by Gasteiger charge is 2.10. The largest absolute Gasteiger partial charge is 0.497 e. The van der Waals surface area contributed by atoms with Crippen molar-refractivity contribution < 1.29 is 9.53 Å². The minimum absolute atomic E-state index is 0.0469. The van der Waals surface area contributed by atoms with Crippen molar-refractivity contribution in [2.24, 2.45) is 0 Å². The molecule has 2 aromatic rings. The van der Waals surface area contributed by atoms with E-state index in [1.165, 1.54) is 6.08 Å². The van der Waals surface area contributed by atoms with Gasteiger partial charge in [-0.25, -0.2) is 0 Å². The van der Waals surface area contributed by atoms with Crippen LogP contribution in [0.25, 0.3) is 6.08 Å². The predicted octanol–water partition coefficient (Wildman–Crippen LogP) is 4.55. The van der Waals surface area contributed by atoms with Gasteiger partial charge in [0.25, 0.3) is 5.91 Å². The molecule has 0 aromatic heterocycles. The number of amides is 1. The Hall–Kier alpha value is -2.48.